The molecule has 1 aliphatic rings. The molecule has 0 fully saturated rings. The summed E-state index contributed by atoms with van der Waals surface area (Å²) in [7, 11) is 0. The smallest absolute Gasteiger partial charge is 0.218 e. The maximum absolute atomic E-state index is 6.09. The first-order valence-electron chi connectivity index (χ1n) is 7.99. The second-order valence-electron chi connectivity index (χ2n) is 6.28. The van der Waals surface area contributed by atoms with Gasteiger partial charge in [-0.1, -0.05) is 18.2 Å². The van der Waals surface area contributed by atoms with Gasteiger partial charge in [-0.15, -0.1) is 0 Å². The number of ether oxygens (including phenoxy) is 1. The summed E-state index contributed by atoms with van der Waals surface area (Å²) in [6.07, 6.45) is 1.82. The first-order valence-corrected chi connectivity index (χ1v) is 7.99. The molecule has 0 amide bonds. The minimum absolute atomic E-state index is 0.0974. The molecule has 3 aromatic rings. The zero-order valence-corrected chi connectivity index (χ0v) is 13.5. The van der Waals surface area contributed by atoms with Gasteiger partial charge in [0.05, 0.1) is 18.3 Å². The number of nitrogens with zero attached hydrogens (tertiary/aromatic N) is 2. The van der Waals surface area contributed by atoms with E-state index in [1.165, 1.54) is 10.9 Å². The Kier molecular flexibility index (Phi) is 3.54. The van der Waals surface area contributed by atoms with Gasteiger partial charge in [-0.25, -0.2) is 4.98 Å². The van der Waals surface area contributed by atoms with Crippen molar-refractivity contribution in [3.05, 3.63) is 59.5 Å². The summed E-state index contributed by atoms with van der Waals surface area (Å²) in [5.41, 5.74) is 3.34. The zero-order valence-electron chi connectivity index (χ0n) is 13.5. The molecule has 4 nitrogen and oxygen atoms in total. The summed E-state index contributed by atoms with van der Waals surface area (Å²) >= 11 is 0. The van der Waals surface area contributed by atoms with Crippen molar-refractivity contribution in [3.63, 3.8) is 0 Å². The normalized spacial score (nSPS) is 18.4. The van der Waals surface area contributed by atoms with E-state index in [0.29, 0.717) is 0 Å². The largest absolute Gasteiger partial charge is 0.473 e. The standard InChI is InChI=1S/C19H20N2O2/c1-13-5-3-6-15-9-16-11-21(12-17-7-4-8-22-17)10-14(2)23-19(16)20-18(13)15/h3-9,14H,10-12H2,1-2H3. The van der Waals surface area contributed by atoms with Gasteiger partial charge < -0.3 is 9.15 Å². The monoisotopic (exact) mass is 308 g/mol. The van der Waals surface area contributed by atoms with Crippen LogP contribution in [0.2, 0.25) is 0 Å². The first-order chi connectivity index (χ1) is 11.2. The predicted molar refractivity (Wildman–Crippen MR) is 89.4 cm³/mol. The number of aryl methyl sites for hydroxylation is 1. The van der Waals surface area contributed by atoms with Crippen LogP contribution in [0.5, 0.6) is 5.88 Å². The Hall–Kier alpha value is -2.33. The van der Waals surface area contributed by atoms with E-state index in [0.717, 1.165) is 42.4 Å². The van der Waals surface area contributed by atoms with Crippen LogP contribution in [0.15, 0.2) is 47.1 Å². The highest BCUT2D eigenvalue weighted by Gasteiger charge is 2.22. The third-order valence-electron chi connectivity index (χ3n) is 4.27. The molecular weight excluding hydrogens is 288 g/mol. The lowest BCUT2D eigenvalue weighted by atomic mass is 10.1. The van der Waals surface area contributed by atoms with Gasteiger partial charge in [-0.3, -0.25) is 4.90 Å². The number of hydrogen-bond donors (Lipinski definition) is 0. The fourth-order valence-corrected chi connectivity index (χ4v) is 3.23. The van der Waals surface area contributed by atoms with Crippen molar-refractivity contribution in [1.82, 2.24) is 9.88 Å². The Morgan fingerprint density at radius 2 is 2.17 bits per heavy atom. The van der Waals surface area contributed by atoms with Crippen LogP contribution in [0.25, 0.3) is 10.9 Å². The van der Waals surface area contributed by atoms with E-state index in [1.54, 1.807) is 6.26 Å². The Labute approximate surface area is 135 Å². The third-order valence-corrected chi connectivity index (χ3v) is 4.27. The SMILES string of the molecule is Cc1cccc2cc3c(nc12)OC(C)CN(Cc1ccco1)C3. The topological polar surface area (TPSA) is 38.5 Å². The van der Waals surface area contributed by atoms with Crippen molar-refractivity contribution in [2.24, 2.45) is 0 Å². The quantitative estimate of drug-likeness (QED) is 0.719. The third kappa shape index (κ3) is 2.82. The minimum Gasteiger partial charge on any atom is -0.473 e. The average molecular weight is 308 g/mol. The van der Waals surface area contributed by atoms with Gasteiger partial charge in [0.2, 0.25) is 5.88 Å². The van der Waals surface area contributed by atoms with Gasteiger partial charge in [0.25, 0.3) is 0 Å². The lowest BCUT2D eigenvalue weighted by Crippen LogP contribution is -2.30. The molecule has 1 atom stereocenters. The van der Waals surface area contributed by atoms with E-state index in [2.05, 4.69) is 43.0 Å². The molecule has 0 saturated carbocycles. The number of furan rings is 1. The van der Waals surface area contributed by atoms with E-state index in [1.807, 2.05) is 12.1 Å². The molecule has 23 heavy (non-hydrogen) atoms. The highest BCUT2D eigenvalue weighted by Crippen LogP contribution is 2.29. The van der Waals surface area contributed by atoms with E-state index < -0.39 is 0 Å². The molecule has 0 radical (unpaired) electrons. The van der Waals surface area contributed by atoms with E-state index in [4.69, 9.17) is 14.1 Å². The van der Waals surface area contributed by atoms with Gasteiger partial charge in [-0.05, 0) is 37.6 Å². The highest BCUT2D eigenvalue weighted by atomic mass is 16.5. The zero-order chi connectivity index (χ0) is 15.8. The fraction of sp³-hybridized carbons (Fsp3) is 0.316. The van der Waals surface area contributed by atoms with Crippen LogP contribution in [-0.2, 0) is 13.1 Å². The molecule has 0 spiro atoms. The summed E-state index contributed by atoms with van der Waals surface area (Å²) in [5.74, 6) is 1.74. The summed E-state index contributed by atoms with van der Waals surface area (Å²) in [6, 6.07) is 12.4. The van der Waals surface area contributed by atoms with Crippen molar-refractivity contribution in [1.29, 1.82) is 0 Å². The lowest BCUT2D eigenvalue weighted by Gasteiger charge is -2.20. The molecule has 4 heteroatoms. The molecular formula is C19H20N2O2. The van der Waals surface area contributed by atoms with E-state index in [9.17, 15) is 0 Å². The van der Waals surface area contributed by atoms with Crippen LogP contribution < -0.4 is 4.74 Å². The van der Waals surface area contributed by atoms with Gasteiger partial charge in [-0.2, -0.15) is 0 Å². The van der Waals surface area contributed by atoms with Gasteiger partial charge in [0, 0.05) is 24.0 Å². The highest BCUT2D eigenvalue weighted by molar-refractivity contribution is 5.83. The van der Waals surface area contributed by atoms with Gasteiger partial charge in [0.15, 0.2) is 0 Å². The Balaban J connectivity index is 1.71. The number of benzene rings is 1. The summed E-state index contributed by atoms with van der Waals surface area (Å²) in [6.45, 7) is 6.63. The van der Waals surface area contributed by atoms with Crippen LogP contribution in [-0.4, -0.2) is 22.5 Å². The van der Waals surface area contributed by atoms with Crippen LogP contribution >= 0.6 is 0 Å². The molecule has 1 unspecified atom stereocenters. The van der Waals surface area contributed by atoms with Crippen molar-refractivity contribution < 1.29 is 9.15 Å². The molecule has 0 bridgehead atoms. The molecule has 0 aliphatic carbocycles. The molecule has 1 aromatic carbocycles. The van der Waals surface area contributed by atoms with Crippen molar-refractivity contribution in [2.45, 2.75) is 33.0 Å². The maximum Gasteiger partial charge on any atom is 0.218 e. The Morgan fingerprint density at radius 3 is 3.00 bits per heavy atom. The van der Waals surface area contributed by atoms with Gasteiger partial charge in [0.1, 0.15) is 11.9 Å². The number of fused-ring (bicyclic) bond motifs is 2. The fourth-order valence-electron chi connectivity index (χ4n) is 3.23. The molecule has 3 heterocycles. The number of aromatic nitrogens is 1. The maximum atomic E-state index is 6.09. The van der Waals surface area contributed by atoms with Crippen molar-refractivity contribution in [2.75, 3.05) is 6.54 Å². The molecule has 0 N–H and O–H groups in total. The average Bonchev–Trinajstić information content (AvgIpc) is 2.96. The molecule has 2 aromatic heterocycles. The summed E-state index contributed by atoms with van der Waals surface area (Å²) < 4.78 is 11.6. The summed E-state index contributed by atoms with van der Waals surface area (Å²) in [4.78, 5) is 7.13. The minimum atomic E-state index is 0.0974. The second-order valence-corrected chi connectivity index (χ2v) is 6.28. The second kappa shape index (κ2) is 5.70. The molecule has 1 aliphatic heterocycles. The lowest BCUT2D eigenvalue weighted by molar-refractivity contribution is 0.147. The van der Waals surface area contributed by atoms with Crippen molar-refractivity contribution in [3.8, 4) is 5.88 Å². The molecule has 4 rings (SSSR count). The van der Waals surface area contributed by atoms with Crippen LogP contribution in [0.4, 0.5) is 0 Å². The number of rotatable bonds is 2. The first kappa shape index (κ1) is 14.3. The molecule has 0 saturated heterocycles. The Bertz CT molecular complexity index is 827. The van der Waals surface area contributed by atoms with E-state index in [-0.39, 0.29) is 6.10 Å². The number of hydrogen-bond acceptors (Lipinski definition) is 4. The van der Waals surface area contributed by atoms with Crippen molar-refractivity contribution >= 4 is 10.9 Å². The molecule has 118 valence electrons. The van der Waals surface area contributed by atoms with E-state index >= 15 is 0 Å². The summed E-state index contributed by atoms with van der Waals surface area (Å²) in [5, 5.41) is 1.17. The van der Waals surface area contributed by atoms with Gasteiger partial charge >= 0.3 is 0 Å². The van der Waals surface area contributed by atoms with Crippen LogP contribution in [0.1, 0.15) is 23.8 Å². The van der Waals surface area contributed by atoms with Crippen LogP contribution in [0, 0.1) is 6.92 Å². The Morgan fingerprint density at radius 1 is 1.26 bits per heavy atom. The predicted octanol–water partition coefficient (Wildman–Crippen LogP) is 3.92. The van der Waals surface area contributed by atoms with Crippen LogP contribution in [0.3, 0.4) is 0 Å². The number of para-hydroxylation sites is 1. The number of pyridine rings is 1.